The van der Waals surface area contributed by atoms with E-state index in [0.717, 1.165) is 73.4 Å². The summed E-state index contributed by atoms with van der Waals surface area (Å²) in [6, 6.07) is 12.3. The molecule has 8 nitrogen and oxygen atoms in total. The standard InChI is InChI=1S/C39H51ClN4O4/c1-8-30(40)12-9-27(4)39-34-23-36(48-26(2)3)35(47-7)21-29(34)22-37(45)44(39)33-17-15-31(16-18-33)42(6)24-28-10-13-32(14-11-28)43-20-19-41(5)38(46)25-43/h8-9,12,15-18,21,23,26,28,32,39H,4,10-11,13-14,19-20,22,24-25H2,1-3,5-7H3/b12-9-,30-8+/t28-,32-,39-/m1/s1. The van der Waals surface area contributed by atoms with Crippen molar-refractivity contribution in [1.29, 1.82) is 0 Å². The number of halogens is 1. The number of hydrogen-bond acceptors (Lipinski definition) is 6. The Labute approximate surface area is 291 Å². The highest BCUT2D eigenvalue weighted by molar-refractivity contribution is 6.31. The summed E-state index contributed by atoms with van der Waals surface area (Å²) in [5.41, 5.74) is 4.51. The van der Waals surface area contributed by atoms with Crippen molar-refractivity contribution in [3.63, 3.8) is 0 Å². The molecule has 3 aliphatic rings. The zero-order valence-corrected chi connectivity index (χ0v) is 30.1. The molecule has 48 heavy (non-hydrogen) atoms. The van der Waals surface area contributed by atoms with Crippen molar-refractivity contribution in [3.8, 4) is 11.5 Å². The van der Waals surface area contributed by atoms with E-state index in [0.29, 0.717) is 35.0 Å². The molecule has 2 aliphatic heterocycles. The van der Waals surface area contributed by atoms with E-state index in [2.05, 4.69) is 35.6 Å². The van der Waals surface area contributed by atoms with Crippen LogP contribution in [-0.4, -0.2) is 81.1 Å². The number of rotatable bonds is 11. The zero-order valence-electron chi connectivity index (χ0n) is 29.4. The molecule has 2 aromatic carbocycles. The lowest BCUT2D eigenvalue weighted by Crippen LogP contribution is -2.53. The van der Waals surface area contributed by atoms with Crippen LogP contribution in [0.15, 0.2) is 71.8 Å². The van der Waals surface area contributed by atoms with Crippen molar-refractivity contribution in [2.75, 3.05) is 57.2 Å². The Morgan fingerprint density at radius 3 is 2.38 bits per heavy atom. The van der Waals surface area contributed by atoms with Crippen molar-refractivity contribution in [2.45, 2.75) is 71.1 Å². The molecule has 0 aromatic heterocycles. The van der Waals surface area contributed by atoms with Crippen LogP contribution in [-0.2, 0) is 16.0 Å². The number of allylic oxidation sites excluding steroid dienone is 3. The van der Waals surface area contributed by atoms with Crippen LogP contribution in [0.4, 0.5) is 11.4 Å². The molecular weight excluding hydrogens is 624 g/mol. The predicted octanol–water partition coefficient (Wildman–Crippen LogP) is 7.14. The van der Waals surface area contributed by atoms with Crippen LogP contribution in [0.1, 0.15) is 63.6 Å². The minimum absolute atomic E-state index is 0.0151. The largest absolute Gasteiger partial charge is 0.493 e. The molecule has 1 aliphatic carbocycles. The van der Waals surface area contributed by atoms with E-state index >= 15 is 0 Å². The molecule has 0 unspecified atom stereocenters. The van der Waals surface area contributed by atoms with E-state index < -0.39 is 6.04 Å². The molecule has 9 heteroatoms. The number of methoxy groups -OCH3 is 1. The van der Waals surface area contributed by atoms with Crippen molar-refractivity contribution in [1.82, 2.24) is 9.80 Å². The average molecular weight is 675 g/mol. The first-order valence-electron chi connectivity index (χ1n) is 17.2. The molecule has 1 saturated heterocycles. The van der Waals surface area contributed by atoms with Gasteiger partial charge in [-0.25, -0.2) is 0 Å². The third-order valence-electron chi connectivity index (χ3n) is 9.96. The average Bonchev–Trinajstić information content (AvgIpc) is 3.07. The first-order valence-corrected chi connectivity index (χ1v) is 17.5. The van der Waals surface area contributed by atoms with Gasteiger partial charge in [-0.05, 0) is 112 Å². The van der Waals surface area contributed by atoms with Crippen LogP contribution in [0.25, 0.3) is 0 Å². The second kappa shape index (κ2) is 15.6. The van der Waals surface area contributed by atoms with Gasteiger partial charge >= 0.3 is 0 Å². The number of fused-ring (bicyclic) bond motifs is 1. The molecule has 0 bridgehead atoms. The lowest BCUT2D eigenvalue weighted by molar-refractivity contribution is -0.135. The number of anilines is 2. The van der Waals surface area contributed by atoms with Gasteiger partial charge in [0.1, 0.15) is 0 Å². The van der Waals surface area contributed by atoms with Gasteiger partial charge in [-0.1, -0.05) is 30.3 Å². The van der Waals surface area contributed by atoms with Crippen molar-refractivity contribution in [3.05, 3.63) is 82.9 Å². The van der Waals surface area contributed by atoms with E-state index in [-0.39, 0.29) is 24.3 Å². The predicted molar refractivity (Wildman–Crippen MR) is 195 cm³/mol. The van der Waals surface area contributed by atoms with Gasteiger partial charge in [0.15, 0.2) is 11.5 Å². The quantitative estimate of drug-likeness (QED) is 0.236. The fourth-order valence-corrected chi connectivity index (χ4v) is 7.30. The molecule has 0 N–H and O–H groups in total. The van der Waals surface area contributed by atoms with Gasteiger partial charge in [0.2, 0.25) is 11.8 Å². The lowest BCUT2D eigenvalue weighted by Gasteiger charge is -2.41. The van der Waals surface area contributed by atoms with Crippen molar-refractivity contribution >= 4 is 34.8 Å². The Morgan fingerprint density at radius 1 is 1.04 bits per heavy atom. The number of likely N-dealkylation sites (N-methyl/N-ethyl adjacent to an activating group) is 1. The molecule has 5 rings (SSSR count). The summed E-state index contributed by atoms with van der Waals surface area (Å²) >= 11 is 6.32. The Kier molecular flexibility index (Phi) is 11.6. The summed E-state index contributed by atoms with van der Waals surface area (Å²) in [7, 11) is 5.66. The number of hydrogen-bond donors (Lipinski definition) is 0. The van der Waals surface area contributed by atoms with Crippen LogP contribution in [0.5, 0.6) is 11.5 Å². The Morgan fingerprint density at radius 2 is 1.75 bits per heavy atom. The van der Waals surface area contributed by atoms with Crippen LogP contribution in [0.3, 0.4) is 0 Å². The summed E-state index contributed by atoms with van der Waals surface area (Å²) in [6.07, 6.45) is 10.3. The normalized spacial score (nSPS) is 22.3. The number of ether oxygens (including phenoxy) is 2. The summed E-state index contributed by atoms with van der Waals surface area (Å²) in [6.45, 7) is 13.6. The number of carbonyl (C=O) groups excluding carboxylic acids is 2. The topological polar surface area (TPSA) is 65.6 Å². The second-order valence-electron chi connectivity index (χ2n) is 13.7. The van der Waals surface area contributed by atoms with E-state index in [4.69, 9.17) is 21.1 Å². The fourth-order valence-electron chi connectivity index (χ4n) is 7.24. The van der Waals surface area contributed by atoms with Gasteiger partial charge in [0.25, 0.3) is 0 Å². The summed E-state index contributed by atoms with van der Waals surface area (Å²) in [5, 5.41) is 0.596. The van der Waals surface area contributed by atoms with Crippen molar-refractivity contribution < 1.29 is 19.1 Å². The molecule has 2 aromatic rings. The molecule has 0 spiro atoms. The Bertz CT molecular complexity index is 1540. The highest BCUT2D eigenvalue weighted by Crippen LogP contribution is 2.44. The third kappa shape index (κ3) is 8.09. The number of benzene rings is 2. The van der Waals surface area contributed by atoms with Crippen LogP contribution in [0, 0.1) is 5.92 Å². The van der Waals surface area contributed by atoms with E-state index in [1.165, 1.54) is 0 Å². The first-order chi connectivity index (χ1) is 23.0. The van der Waals surface area contributed by atoms with Crippen LogP contribution >= 0.6 is 11.6 Å². The smallest absolute Gasteiger partial charge is 0.236 e. The summed E-state index contributed by atoms with van der Waals surface area (Å²) in [5.74, 6) is 2.07. The number of piperazine rings is 1. The van der Waals surface area contributed by atoms with Gasteiger partial charge in [0.05, 0.1) is 32.2 Å². The molecule has 1 atom stereocenters. The Balaban J connectivity index is 1.33. The number of amides is 2. The van der Waals surface area contributed by atoms with Gasteiger partial charge in [-0.2, -0.15) is 0 Å². The summed E-state index contributed by atoms with van der Waals surface area (Å²) < 4.78 is 11.8. The maximum atomic E-state index is 13.9. The molecule has 1 saturated carbocycles. The van der Waals surface area contributed by atoms with E-state index in [1.807, 2.05) is 80.1 Å². The fraction of sp³-hybridized carbons (Fsp3) is 0.487. The van der Waals surface area contributed by atoms with E-state index in [1.54, 1.807) is 7.11 Å². The van der Waals surface area contributed by atoms with Crippen LogP contribution < -0.4 is 19.3 Å². The second-order valence-corrected chi connectivity index (χ2v) is 14.1. The zero-order chi connectivity index (χ0) is 34.5. The molecule has 0 radical (unpaired) electrons. The van der Waals surface area contributed by atoms with Gasteiger partial charge in [-0.15, -0.1) is 0 Å². The monoisotopic (exact) mass is 674 g/mol. The molecule has 2 fully saturated rings. The maximum absolute atomic E-state index is 13.9. The van der Waals surface area contributed by atoms with Gasteiger partial charge in [-0.3, -0.25) is 14.5 Å². The number of carbonyl (C=O) groups is 2. The van der Waals surface area contributed by atoms with E-state index in [9.17, 15) is 9.59 Å². The SMILES string of the molecule is C=C(/C=C\C(Cl)=C/C)[C@@H]1c2cc(OC(C)C)c(OC)cc2CC(=O)N1c1ccc(N(C)C[C@H]2CC[C@H](N3CCN(C)C(=O)C3)CC2)cc1. The number of nitrogens with zero attached hydrogens (tertiary/aromatic N) is 4. The molecule has 2 heterocycles. The maximum Gasteiger partial charge on any atom is 0.236 e. The minimum atomic E-state index is -0.450. The Hall–Kier alpha value is -3.75. The highest BCUT2D eigenvalue weighted by Gasteiger charge is 2.36. The van der Waals surface area contributed by atoms with Gasteiger partial charge in [0, 0.05) is 56.2 Å². The molecule has 258 valence electrons. The lowest BCUT2D eigenvalue weighted by atomic mass is 9.84. The third-order valence-corrected chi connectivity index (χ3v) is 10.3. The van der Waals surface area contributed by atoms with Gasteiger partial charge < -0.3 is 24.2 Å². The highest BCUT2D eigenvalue weighted by atomic mass is 35.5. The van der Waals surface area contributed by atoms with Crippen molar-refractivity contribution in [2.24, 2.45) is 5.92 Å². The minimum Gasteiger partial charge on any atom is -0.493 e. The summed E-state index contributed by atoms with van der Waals surface area (Å²) in [4.78, 5) is 34.5. The first kappa shape index (κ1) is 35.6. The molecular formula is C39H51ClN4O4. The molecule has 2 amide bonds. The van der Waals surface area contributed by atoms with Crippen LogP contribution in [0.2, 0.25) is 0 Å².